The molecular formula is C14H13F2NO. The van der Waals surface area contributed by atoms with E-state index in [4.69, 9.17) is 4.74 Å². The number of hydrogen-bond donors (Lipinski definition) is 0. The summed E-state index contributed by atoms with van der Waals surface area (Å²) < 4.78 is 32.2. The van der Waals surface area contributed by atoms with Crippen molar-refractivity contribution in [3.8, 4) is 6.07 Å². The molecule has 1 heterocycles. The van der Waals surface area contributed by atoms with Gasteiger partial charge in [0.15, 0.2) is 0 Å². The Kier molecular flexibility index (Phi) is 2.43. The Morgan fingerprint density at radius 1 is 1.22 bits per heavy atom. The SMILES string of the molecule is N#CC1(C2(c3ccc(F)cc3F)COC2)CCC1. The van der Waals surface area contributed by atoms with Crippen LogP contribution in [0.1, 0.15) is 24.8 Å². The summed E-state index contributed by atoms with van der Waals surface area (Å²) in [6.07, 6.45) is 2.52. The van der Waals surface area contributed by atoms with E-state index in [1.165, 1.54) is 12.1 Å². The smallest absolute Gasteiger partial charge is 0.130 e. The predicted molar refractivity (Wildman–Crippen MR) is 60.8 cm³/mol. The van der Waals surface area contributed by atoms with Crippen LogP contribution in [0.15, 0.2) is 18.2 Å². The van der Waals surface area contributed by atoms with Crippen molar-refractivity contribution in [2.75, 3.05) is 13.2 Å². The summed E-state index contributed by atoms with van der Waals surface area (Å²) in [6.45, 7) is 0.701. The second-order valence-electron chi connectivity index (χ2n) is 5.25. The standard InChI is InChI=1S/C14H13F2NO/c15-10-2-3-11(12(16)6-10)14(8-18-9-14)13(7-17)4-1-5-13/h2-3,6H,1,4-5,8-9H2. The van der Waals surface area contributed by atoms with Crippen LogP contribution in [-0.2, 0) is 10.2 Å². The minimum Gasteiger partial charge on any atom is -0.379 e. The summed E-state index contributed by atoms with van der Waals surface area (Å²) in [5, 5.41) is 9.44. The zero-order valence-electron chi connectivity index (χ0n) is 9.88. The first kappa shape index (κ1) is 11.6. The minimum atomic E-state index is -0.591. The van der Waals surface area contributed by atoms with Crippen LogP contribution in [0.2, 0.25) is 0 Å². The summed E-state index contributed by atoms with van der Waals surface area (Å²) in [5.74, 6) is -1.16. The largest absolute Gasteiger partial charge is 0.379 e. The van der Waals surface area contributed by atoms with Gasteiger partial charge < -0.3 is 4.74 Å². The first-order valence-electron chi connectivity index (χ1n) is 6.08. The van der Waals surface area contributed by atoms with Crippen molar-refractivity contribution in [1.82, 2.24) is 0 Å². The lowest BCUT2D eigenvalue weighted by atomic mass is 9.50. The van der Waals surface area contributed by atoms with E-state index in [1.807, 2.05) is 0 Å². The minimum absolute atomic E-state index is 0.350. The first-order valence-corrected chi connectivity index (χ1v) is 6.08. The van der Waals surface area contributed by atoms with Gasteiger partial charge in [0, 0.05) is 11.6 Å². The molecule has 18 heavy (non-hydrogen) atoms. The number of hydrogen-bond acceptors (Lipinski definition) is 2. The lowest BCUT2D eigenvalue weighted by molar-refractivity contribution is -0.136. The van der Waals surface area contributed by atoms with E-state index in [9.17, 15) is 14.0 Å². The van der Waals surface area contributed by atoms with Gasteiger partial charge in [0.25, 0.3) is 0 Å². The molecule has 0 spiro atoms. The average molecular weight is 249 g/mol. The highest BCUT2D eigenvalue weighted by Gasteiger charge is 2.61. The number of ether oxygens (including phenoxy) is 1. The lowest BCUT2D eigenvalue weighted by Gasteiger charge is -2.56. The molecule has 2 nitrogen and oxygen atoms in total. The van der Waals surface area contributed by atoms with Gasteiger partial charge in [-0.2, -0.15) is 5.26 Å². The third kappa shape index (κ3) is 1.28. The molecule has 0 N–H and O–H groups in total. The molecule has 1 aromatic rings. The van der Waals surface area contributed by atoms with Crippen LogP contribution >= 0.6 is 0 Å². The predicted octanol–water partition coefficient (Wildman–Crippen LogP) is 2.93. The maximum atomic E-state index is 14.0. The molecule has 0 radical (unpaired) electrons. The molecule has 1 saturated carbocycles. The first-order chi connectivity index (χ1) is 8.63. The van der Waals surface area contributed by atoms with Crippen molar-refractivity contribution in [3.05, 3.63) is 35.4 Å². The summed E-state index contributed by atoms with van der Waals surface area (Å²) >= 11 is 0. The molecular weight excluding hydrogens is 236 g/mol. The van der Waals surface area contributed by atoms with Gasteiger partial charge in [-0.25, -0.2) is 8.78 Å². The van der Waals surface area contributed by atoms with E-state index in [1.54, 1.807) is 0 Å². The normalized spacial score (nSPS) is 23.6. The van der Waals surface area contributed by atoms with Crippen molar-refractivity contribution in [3.63, 3.8) is 0 Å². The monoisotopic (exact) mass is 249 g/mol. The van der Waals surface area contributed by atoms with Gasteiger partial charge in [-0.1, -0.05) is 12.5 Å². The van der Waals surface area contributed by atoms with Gasteiger partial charge in [-0.15, -0.1) is 0 Å². The highest BCUT2D eigenvalue weighted by molar-refractivity contribution is 5.38. The molecule has 0 unspecified atom stereocenters. The number of halogens is 2. The summed E-state index contributed by atoms with van der Waals surface area (Å²) in [4.78, 5) is 0. The van der Waals surface area contributed by atoms with Crippen molar-refractivity contribution in [1.29, 1.82) is 5.26 Å². The van der Waals surface area contributed by atoms with E-state index >= 15 is 0 Å². The molecule has 2 aliphatic rings. The number of nitriles is 1. The highest BCUT2D eigenvalue weighted by atomic mass is 19.1. The maximum Gasteiger partial charge on any atom is 0.130 e. The van der Waals surface area contributed by atoms with Crippen LogP contribution in [0.3, 0.4) is 0 Å². The molecule has 0 amide bonds. The van der Waals surface area contributed by atoms with Crippen LogP contribution in [0.5, 0.6) is 0 Å². The molecule has 2 fully saturated rings. The Balaban J connectivity index is 2.09. The highest BCUT2D eigenvalue weighted by Crippen LogP contribution is 2.58. The Hall–Kier alpha value is -1.47. The summed E-state index contributed by atoms with van der Waals surface area (Å²) in [5.41, 5.74) is -0.696. The zero-order chi connectivity index (χ0) is 12.8. The molecule has 94 valence electrons. The fraction of sp³-hybridized carbons (Fsp3) is 0.500. The lowest BCUT2D eigenvalue weighted by Crippen LogP contribution is -2.61. The fourth-order valence-electron chi connectivity index (χ4n) is 3.10. The number of nitrogens with zero attached hydrogens (tertiary/aromatic N) is 1. The van der Waals surface area contributed by atoms with Crippen molar-refractivity contribution in [2.24, 2.45) is 5.41 Å². The molecule has 1 aliphatic heterocycles. The summed E-state index contributed by atoms with van der Waals surface area (Å²) in [7, 11) is 0. The molecule has 0 bridgehead atoms. The zero-order valence-corrected chi connectivity index (χ0v) is 9.88. The van der Waals surface area contributed by atoms with E-state index in [-0.39, 0.29) is 0 Å². The number of benzene rings is 1. The molecule has 0 atom stereocenters. The molecule has 1 aromatic carbocycles. The van der Waals surface area contributed by atoms with Crippen LogP contribution in [0, 0.1) is 28.4 Å². The van der Waals surface area contributed by atoms with Crippen LogP contribution < -0.4 is 0 Å². The van der Waals surface area contributed by atoms with Gasteiger partial charge >= 0.3 is 0 Å². The topological polar surface area (TPSA) is 33.0 Å². The van der Waals surface area contributed by atoms with Gasteiger partial charge in [0.2, 0.25) is 0 Å². The quantitative estimate of drug-likeness (QED) is 0.807. The van der Waals surface area contributed by atoms with Gasteiger partial charge in [0.05, 0.1) is 30.1 Å². The van der Waals surface area contributed by atoms with Crippen LogP contribution in [-0.4, -0.2) is 13.2 Å². The van der Waals surface area contributed by atoms with Gasteiger partial charge in [-0.05, 0) is 18.9 Å². The fourth-order valence-corrected chi connectivity index (χ4v) is 3.10. The summed E-state index contributed by atoms with van der Waals surface area (Å²) in [6, 6.07) is 5.96. The molecule has 1 saturated heterocycles. The Bertz CT molecular complexity index is 527. The second kappa shape index (κ2) is 3.76. The molecule has 0 aromatic heterocycles. The van der Waals surface area contributed by atoms with Crippen molar-refractivity contribution < 1.29 is 13.5 Å². The average Bonchev–Trinajstić information content (AvgIpc) is 2.22. The van der Waals surface area contributed by atoms with Crippen molar-refractivity contribution >= 4 is 0 Å². The Morgan fingerprint density at radius 3 is 2.33 bits per heavy atom. The van der Waals surface area contributed by atoms with E-state index in [0.29, 0.717) is 18.8 Å². The van der Waals surface area contributed by atoms with Gasteiger partial charge in [-0.3, -0.25) is 0 Å². The van der Waals surface area contributed by atoms with Crippen LogP contribution in [0.4, 0.5) is 8.78 Å². The number of rotatable bonds is 2. The van der Waals surface area contributed by atoms with Crippen molar-refractivity contribution in [2.45, 2.75) is 24.7 Å². The van der Waals surface area contributed by atoms with Crippen LogP contribution in [0.25, 0.3) is 0 Å². The van der Waals surface area contributed by atoms with E-state index in [0.717, 1.165) is 25.3 Å². The van der Waals surface area contributed by atoms with E-state index < -0.39 is 22.5 Å². The maximum absolute atomic E-state index is 14.0. The Labute approximate surface area is 104 Å². The van der Waals surface area contributed by atoms with Gasteiger partial charge in [0.1, 0.15) is 11.6 Å². The molecule has 1 aliphatic carbocycles. The third-order valence-electron chi connectivity index (χ3n) is 4.48. The molecule has 4 heteroatoms. The second-order valence-corrected chi connectivity index (χ2v) is 5.25. The Morgan fingerprint density at radius 2 is 1.94 bits per heavy atom. The third-order valence-corrected chi connectivity index (χ3v) is 4.48. The molecule has 3 rings (SSSR count). The van der Waals surface area contributed by atoms with E-state index in [2.05, 4.69) is 6.07 Å².